The molecule has 182 valence electrons. The Morgan fingerprint density at radius 2 is 1.81 bits per heavy atom. The molecule has 5 nitrogen and oxygen atoms in total. The summed E-state index contributed by atoms with van der Waals surface area (Å²) in [4.78, 5) is 20.9. The highest BCUT2D eigenvalue weighted by atomic mass is 79.9. The summed E-state index contributed by atoms with van der Waals surface area (Å²) >= 11 is 11.4. The highest BCUT2D eigenvalue weighted by Gasteiger charge is 2.34. The summed E-state index contributed by atoms with van der Waals surface area (Å²) in [6, 6.07) is 23.3. The summed E-state index contributed by atoms with van der Waals surface area (Å²) in [5.41, 5.74) is 4.57. The van der Waals surface area contributed by atoms with Gasteiger partial charge in [-0.05, 0) is 42.7 Å². The first kappa shape index (κ1) is 24.7. The van der Waals surface area contributed by atoms with Gasteiger partial charge in [0.05, 0.1) is 22.1 Å². The minimum absolute atomic E-state index is 0.0977. The lowest BCUT2D eigenvalue weighted by molar-refractivity contribution is -0.112. The molecule has 0 aliphatic carbocycles. The molecule has 1 aliphatic heterocycles. The molecule has 1 aromatic heterocycles. The Bertz CT molecular complexity index is 1540. The van der Waals surface area contributed by atoms with E-state index in [1.165, 1.54) is 11.3 Å². The Morgan fingerprint density at radius 3 is 2.58 bits per heavy atom. The number of nitrogens with zero attached hydrogens (tertiary/aromatic N) is 4. The number of benzene rings is 3. The second-order valence-corrected chi connectivity index (χ2v) is 11.1. The van der Waals surface area contributed by atoms with Gasteiger partial charge in [-0.15, -0.1) is 11.3 Å². The van der Waals surface area contributed by atoms with Gasteiger partial charge < -0.3 is 4.90 Å². The summed E-state index contributed by atoms with van der Waals surface area (Å²) in [6.07, 6.45) is 0.912. The third-order valence-electron chi connectivity index (χ3n) is 5.90. The zero-order valence-electron chi connectivity index (χ0n) is 19.9. The summed E-state index contributed by atoms with van der Waals surface area (Å²) in [5, 5.41) is 7.51. The van der Waals surface area contributed by atoms with Crippen LogP contribution in [0.15, 0.2) is 92.7 Å². The van der Waals surface area contributed by atoms with Crippen molar-refractivity contribution in [2.24, 2.45) is 16.0 Å². The molecule has 0 unspecified atom stereocenters. The Morgan fingerprint density at radius 1 is 1.03 bits per heavy atom. The molecule has 0 saturated carbocycles. The van der Waals surface area contributed by atoms with Gasteiger partial charge >= 0.3 is 0 Å². The van der Waals surface area contributed by atoms with Gasteiger partial charge in [0.25, 0.3) is 5.91 Å². The molecule has 1 aliphatic rings. The monoisotopic (exact) mass is 578 g/mol. The fourth-order valence-electron chi connectivity index (χ4n) is 4.03. The van der Waals surface area contributed by atoms with Gasteiger partial charge in [-0.1, -0.05) is 83.8 Å². The van der Waals surface area contributed by atoms with Crippen LogP contribution in [0.1, 0.15) is 25.8 Å². The van der Waals surface area contributed by atoms with Crippen molar-refractivity contribution in [3.8, 4) is 11.3 Å². The molecule has 0 saturated heterocycles. The molecule has 2 heterocycles. The molecule has 5 rings (SSSR count). The average molecular weight is 580 g/mol. The van der Waals surface area contributed by atoms with E-state index in [0.29, 0.717) is 33.7 Å². The van der Waals surface area contributed by atoms with E-state index in [9.17, 15) is 4.79 Å². The van der Waals surface area contributed by atoms with Crippen molar-refractivity contribution in [2.45, 2.75) is 20.3 Å². The second kappa shape index (κ2) is 10.5. The fraction of sp³-hybridized carbons (Fsp3) is 0.179. The summed E-state index contributed by atoms with van der Waals surface area (Å²) in [5.74, 6) is 0.390. The molecular formula is C28H24BrClN4OS. The second-order valence-electron chi connectivity index (χ2n) is 8.89. The van der Waals surface area contributed by atoms with E-state index in [1.54, 1.807) is 4.68 Å². The number of carbonyl (C=O) groups is 1. The molecule has 36 heavy (non-hydrogen) atoms. The maximum atomic E-state index is 13.7. The number of fused-ring (bicyclic) bond motifs is 1. The van der Waals surface area contributed by atoms with Crippen molar-refractivity contribution in [1.29, 1.82) is 0 Å². The highest BCUT2D eigenvalue weighted by molar-refractivity contribution is 9.10. The predicted molar refractivity (Wildman–Crippen MR) is 152 cm³/mol. The van der Waals surface area contributed by atoms with E-state index in [2.05, 4.69) is 29.8 Å². The van der Waals surface area contributed by atoms with Gasteiger partial charge in [0.15, 0.2) is 5.71 Å². The normalized spacial score (nSPS) is 14.8. The van der Waals surface area contributed by atoms with E-state index in [4.69, 9.17) is 21.7 Å². The number of rotatable bonds is 6. The van der Waals surface area contributed by atoms with Crippen LogP contribution in [0.4, 0.5) is 11.4 Å². The Kier molecular flexibility index (Phi) is 7.23. The van der Waals surface area contributed by atoms with Crippen LogP contribution < -0.4 is 9.70 Å². The third kappa shape index (κ3) is 4.96. The van der Waals surface area contributed by atoms with Crippen molar-refractivity contribution >= 4 is 61.9 Å². The molecule has 0 radical (unpaired) electrons. The highest BCUT2D eigenvalue weighted by Crippen LogP contribution is 2.31. The largest absolute Gasteiger partial charge is 0.306 e. The Labute approximate surface area is 227 Å². The molecule has 0 atom stereocenters. The number of anilines is 1. The van der Waals surface area contributed by atoms with Gasteiger partial charge in [0.1, 0.15) is 0 Å². The number of halogens is 2. The van der Waals surface area contributed by atoms with E-state index < -0.39 is 0 Å². The molecule has 0 N–H and O–H groups in total. The van der Waals surface area contributed by atoms with Gasteiger partial charge in [0.2, 0.25) is 4.80 Å². The topological polar surface area (TPSA) is 50.0 Å². The molecule has 0 fully saturated rings. The summed E-state index contributed by atoms with van der Waals surface area (Å²) < 4.78 is 2.71. The van der Waals surface area contributed by atoms with Crippen molar-refractivity contribution < 1.29 is 4.79 Å². The number of hydrogen-bond acceptors (Lipinski definition) is 4. The van der Waals surface area contributed by atoms with Crippen LogP contribution in [-0.2, 0) is 4.79 Å². The lowest BCUT2D eigenvalue weighted by Gasteiger charge is -2.17. The number of hydrogen-bond donors (Lipinski definition) is 0. The molecule has 0 bridgehead atoms. The molecule has 3 aromatic carbocycles. The van der Waals surface area contributed by atoms with Gasteiger partial charge in [-0.25, -0.2) is 9.67 Å². The lowest BCUT2D eigenvalue weighted by Crippen LogP contribution is -2.32. The van der Waals surface area contributed by atoms with Gasteiger partial charge in [-0.2, -0.15) is 5.10 Å². The van der Waals surface area contributed by atoms with Crippen LogP contribution in [-0.4, -0.2) is 22.8 Å². The zero-order valence-corrected chi connectivity index (χ0v) is 23.0. The third-order valence-corrected chi connectivity index (χ3v) is 7.53. The molecule has 1 amide bonds. The van der Waals surface area contributed by atoms with Crippen LogP contribution in [0.25, 0.3) is 11.3 Å². The van der Waals surface area contributed by atoms with Crippen LogP contribution in [0, 0.1) is 5.92 Å². The molecule has 4 aromatic rings. The van der Waals surface area contributed by atoms with Crippen LogP contribution in [0.3, 0.4) is 0 Å². The lowest BCUT2D eigenvalue weighted by atomic mass is 10.1. The van der Waals surface area contributed by atoms with E-state index >= 15 is 0 Å². The maximum absolute atomic E-state index is 13.7. The Balaban J connectivity index is 1.70. The molecule has 8 heteroatoms. The smallest absolute Gasteiger partial charge is 0.279 e. The number of amides is 1. The van der Waals surface area contributed by atoms with Crippen molar-refractivity contribution in [2.75, 3.05) is 11.4 Å². The van der Waals surface area contributed by atoms with Crippen LogP contribution in [0.2, 0.25) is 5.02 Å². The number of para-hydroxylation sites is 2. The van der Waals surface area contributed by atoms with Crippen molar-refractivity contribution in [3.05, 3.63) is 98.0 Å². The number of carbonyl (C=O) groups excluding carboxylic acids is 1. The SMILES string of the molecule is CC(C)CCN1C(=O)C(=Nn2c(-c3cccc(Br)c3)csc2=Nc2ccccc2Cl)c2ccccc21. The van der Waals surface area contributed by atoms with Gasteiger partial charge in [0, 0.05) is 27.5 Å². The van der Waals surface area contributed by atoms with Crippen LogP contribution >= 0.6 is 38.9 Å². The van der Waals surface area contributed by atoms with E-state index in [-0.39, 0.29) is 5.91 Å². The quantitative estimate of drug-likeness (QED) is 0.233. The van der Waals surface area contributed by atoms with E-state index in [0.717, 1.165) is 33.4 Å². The Hall–Kier alpha value is -3.00. The average Bonchev–Trinajstić information content (AvgIpc) is 3.38. The van der Waals surface area contributed by atoms with Gasteiger partial charge in [-0.3, -0.25) is 4.79 Å². The minimum Gasteiger partial charge on any atom is -0.306 e. The van der Waals surface area contributed by atoms with Crippen molar-refractivity contribution in [1.82, 2.24) is 4.68 Å². The summed E-state index contributed by atoms with van der Waals surface area (Å²) in [6.45, 7) is 4.97. The van der Waals surface area contributed by atoms with E-state index in [1.807, 2.05) is 83.1 Å². The van der Waals surface area contributed by atoms with Crippen molar-refractivity contribution in [3.63, 3.8) is 0 Å². The van der Waals surface area contributed by atoms with Crippen LogP contribution in [0.5, 0.6) is 0 Å². The zero-order chi connectivity index (χ0) is 25.2. The molecule has 0 spiro atoms. The minimum atomic E-state index is -0.0977. The number of thiazole rings is 1. The predicted octanol–water partition coefficient (Wildman–Crippen LogP) is 7.51. The maximum Gasteiger partial charge on any atom is 0.279 e. The standard InChI is InChI=1S/C28H24BrClN4OS/c1-18(2)14-15-33-24-13-6-3-10-21(24)26(27(33)35)32-34-25(19-8-7-9-20(29)16-19)17-36-28(34)31-23-12-5-4-11-22(23)30/h3-13,16-18H,14-15H2,1-2H3. The fourth-order valence-corrected chi connectivity index (χ4v) is 5.45. The first-order chi connectivity index (χ1) is 17.4. The first-order valence-electron chi connectivity index (χ1n) is 11.7. The number of aromatic nitrogens is 1. The molecular weight excluding hydrogens is 556 g/mol. The summed E-state index contributed by atoms with van der Waals surface area (Å²) in [7, 11) is 0. The first-order valence-corrected chi connectivity index (χ1v) is 13.7.